The quantitative estimate of drug-likeness (QED) is 0.427. The second-order valence-electron chi connectivity index (χ2n) is 2.62. The lowest BCUT2D eigenvalue weighted by molar-refractivity contribution is -0.430. The van der Waals surface area contributed by atoms with E-state index >= 15 is 0 Å². The van der Waals surface area contributed by atoms with Crippen molar-refractivity contribution >= 4 is 5.91 Å². The fourth-order valence-electron chi connectivity index (χ4n) is 0.983. The van der Waals surface area contributed by atoms with Crippen LogP contribution in [0.3, 0.4) is 0 Å². The highest BCUT2D eigenvalue weighted by atomic mass is 16.6. The van der Waals surface area contributed by atoms with Gasteiger partial charge in [0.15, 0.2) is 0 Å². The Morgan fingerprint density at radius 3 is 3.08 bits per heavy atom. The highest BCUT2D eigenvalue weighted by Gasteiger charge is 2.20. The first-order valence-corrected chi connectivity index (χ1v) is 3.68. The van der Waals surface area contributed by atoms with Crippen molar-refractivity contribution in [2.24, 2.45) is 0 Å². The zero-order valence-corrected chi connectivity index (χ0v) is 7.11. The number of hydrogen-bond donors (Lipinski definition) is 2. The summed E-state index contributed by atoms with van der Waals surface area (Å²) in [6, 6.07) is 0. The molecule has 0 radical (unpaired) electrons. The van der Waals surface area contributed by atoms with E-state index in [1.165, 1.54) is 18.1 Å². The lowest BCUT2D eigenvalue weighted by Gasteiger charge is -2.23. The van der Waals surface area contributed by atoms with Crippen LogP contribution in [0.5, 0.6) is 0 Å². The standard InChI is InChI=1S/C6H10N4O3/c1-5(11)8-9-3-6(10(12)13)2-7-4-9/h2,7H,3-4H2,1H3,(H,8,11). The monoisotopic (exact) mass is 186 g/mol. The van der Waals surface area contributed by atoms with Crippen LogP contribution in [0.1, 0.15) is 6.92 Å². The molecule has 1 aliphatic rings. The van der Waals surface area contributed by atoms with Crippen LogP contribution < -0.4 is 10.7 Å². The highest BCUT2D eigenvalue weighted by molar-refractivity contribution is 5.72. The molecule has 1 aliphatic heterocycles. The molecule has 0 aliphatic carbocycles. The van der Waals surface area contributed by atoms with Gasteiger partial charge in [-0.25, -0.2) is 0 Å². The minimum absolute atomic E-state index is 0.0278. The molecule has 72 valence electrons. The predicted octanol–water partition coefficient (Wildman–Crippen LogP) is -0.982. The van der Waals surface area contributed by atoms with Gasteiger partial charge in [0, 0.05) is 6.92 Å². The van der Waals surface area contributed by atoms with Gasteiger partial charge >= 0.3 is 0 Å². The molecule has 0 aromatic rings. The number of hydrogen-bond acceptors (Lipinski definition) is 5. The molecule has 13 heavy (non-hydrogen) atoms. The predicted molar refractivity (Wildman–Crippen MR) is 43.6 cm³/mol. The van der Waals surface area contributed by atoms with Gasteiger partial charge in [0.1, 0.15) is 6.54 Å². The Bertz CT molecular complexity index is 263. The molecule has 1 rings (SSSR count). The summed E-state index contributed by atoms with van der Waals surface area (Å²) in [5.74, 6) is -0.244. The summed E-state index contributed by atoms with van der Waals surface area (Å²) in [7, 11) is 0. The van der Waals surface area contributed by atoms with E-state index in [4.69, 9.17) is 0 Å². The summed E-state index contributed by atoms with van der Waals surface area (Å²) in [6.45, 7) is 1.83. The Hall–Kier alpha value is -1.63. The van der Waals surface area contributed by atoms with Crippen LogP contribution in [0.15, 0.2) is 11.9 Å². The number of nitrogens with zero attached hydrogens (tertiary/aromatic N) is 2. The van der Waals surface area contributed by atoms with Gasteiger partial charge in [-0.2, -0.15) is 5.01 Å². The highest BCUT2D eigenvalue weighted by Crippen LogP contribution is 2.00. The molecule has 0 saturated heterocycles. The first-order valence-electron chi connectivity index (χ1n) is 3.68. The van der Waals surface area contributed by atoms with Crippen LogP contribution in [0, 0.1) is 10.1 Å². The van der Waals surface area contributed by atoms with Gasteiger partial charge < -0.3 is 5.32 Å². The topological polar surface area (TPSA) is 87.5 Å². The van der Waals surface area contributed by atoms with Crippen LogP contribution in [0.4, 0.5) is 0 Å². The second kappa shape index (κ2) is 3.85. The van der Waals surface area contributed by atoms with E-state index < -0.39 is 4.92 Å². The third-order valence-electron chi connectivity index (χ3n) is 1.45. The average Bonchev–Trinajstić information content (AvgIpc) is 2.03. The van der Waals surface area contributed by atoms with Crippen molar-refractivity contribution in [3.63, 3.8) is 0 Å². The van der Waals surface area contributed by atoms with Gasteiger partial charge in [-0.1, -0.05) is 0 Å². The van der Waals surface area contributed by atoms with Crippen molar-refractivity contribution in [3.05, 3.63) is 22.0 Å². The molecule has 1 heterocycles. The average molecular weight is 186 g/mol. The molecule has 1 amide bonds. The fraction of sp³-hybridized carbons (Fsp3) is 0.500. The largest absolute Gasteiger partial charge is 0.371 e. The number of carbonyl (C=O) groups is 1. The smallest absolute Gasteiger partial charge is 0.277 e. The summed E-state index contributed by atoms with van der Waals surface area (Å²) in [5.41, 5.74) is 2.48. The lowest BCUT2D eigenvalue weighted by atomic mass is 10.4. The Morgan fingerprint density at radius 1 is 1.85 bits per heavy atom. The minimum atomic E-state index is -0.485. The molecule has 0 unspecified atom stereocenters. The maximum atomic E-state index is 10.6. The Morgan fingerprint density at radius 2 is 2.54 bits per heavy atom. The Kier molecular flexibility index (Phi) is 2.80. The van der Waals surface area contributed by atoms with Gasteiger partial charge in [0.25, 0.3) is 5.70 Å². The van der Waals surface area contributed by atoms with Crippen LogP contribution in [-0.2, 0) is 4.79 Å². The molecule has 0 aromatic heterocycles. The maximum absolute atomic E-state index is 10.6. The zero-order chi connectivity index (χ0) is 9.84. The van der Waals surface area contributed by atoms with Gasteiger partial charge in [-0.05, 0) is 0 Å². The number of carbonyl (C=O) groups excluding carboxylic acids is 1. The van der Waals surface area contributed by atoms with Crippen LogP contribution in [0.25, 0.3) is 0 Å². The molecule has 0 bridgehead atoms. The molecule has 7 heteroatoms. The van der Waals surface area contributed by atoms with Crippen molar-refractivity contribution in [1.29, 1.82) is 0 Å². The summed E-state index contributed by atoms with van der Waals surface area (Å²) < 4.78 is 0. The summed E-state index contributed by atoms with van der Waals surface area (Å²) in [5, 5.41) is 14.5. The van der Waals surface area contributed by atoms with E-state index in [1.807, 2.05) is 0 Å². The third kappa shape index (κ3) is 2.71. The van der Waals surface area contributed by atoms with Crippen molar-refractivity contribution < 1.29 is 9.72 Å². The zero-order valence-electron chi connectivity index (χ0n) is 7.11. The van der Waals surface area contributed by atoms with E-state index in [0.717, 1.165) is 0 Å². The number of nitro groups is 1. The molecule has 7 nitrogen and oxygen atoms in total. The maximum Gasteiger partial charge on any atom is 0.277 e. The number of amides is 1. The van der Waals surface area contributed by atoms with Crippen molar-refractivity contribution in [2.75, 3.05) is 13.2 Å². The van der Waals surface area contributed by atoms with Crippen molar-refractivity contribution in [3.8, 4) is 0 Å². The number of nitrogens with one attached hydrogen (secondary N) is 2. The molecule has 0 spiro atoms. The van der Waals surface area contributed by atoms with Crippen molar-refractivity contribution in [2.45, 2.75) is 6.92 Å². The molecular formula is C6H10N4O3. The minimum Gasteiger partial charge on any atom is -0.371 e. The molecule has 0 aromatic carbocycles. The van der Waals surface area contributed by atoms with E-state index in [0.29, 0.717) is 6.67 Å². The summed E-state index contributed by atoms with van der Waals surface area (Å²) >= 11 is 0. The molecular weight excluding hydrogens is 176 g/mol. The van der Waals surface area contributed by atoms with Crippen LogP contribution >= 0.6 is 0 Å². The number of hydrazine groups is 1. The summed E-state index contributed by atoms with van der Waals surface area (Å²) in [4.78, 5) is 20.5. The van der Waals surface area contributed by atoms with Gasteiger partial charge in [-0.3, -0.25) is 20.3 Å². The SMILES string of the molecule is CC(=O)NN1CNC=C([N+](=O)[O-])C1. The van der Waals surface area contributed by atoms with E-state index in [-0.39, 0.29) is 18.1 Å². The number of rotatable bonds is 2. The van der Waals surface area contributed by atoms with Gasteiger partial charge in [-0.15, -0.1) is 0 Å². The summed E-state index contributed by atoms with van der Waals surface area (Å²) in [6.07, 6.45) is 1.33. The first kappa shape index (κ1) is 9.46. The second-order valence-corrected chi connectivity index (χ2v) is 2.62. The molecule has 0 atom stereocenters. The molecule has 0 fully saturated rings. The Labute approximate surface area is 74.5 Å². The fourth-order valence-corrected chi connectivity index (χ4v) is 0.983. The third-order valence-corrected chi connectivity index (χ3v) is 1.45. The normalized spacial score (nSPS) is 17.2. The molecule has 2 N–H and O–H groups in total. The first-order chi connectivity index (χ1) is 6.09. The Balaban J connectivity index is 2.52. The van der Waals surface area contributed by atoms with Crippen LogP contribution in [0.2, 0.25) is 0 Å². The van der Waals surface area contributed by atoms with Gasteiger partial charge in [0.2, 0.25) is 5.91 Å². The van der Waals surface area contributed by atoms with E-state index in [2.05, 4.69) is 10.7 Å². The lowest BCUT2D eigenvalue weighted by Crippen LogP contribution is -2.49. The van der Waals surface area contributed by atoms with Gasteiger partial charge in [0.05, 0.1) is 17.8 Å². The van der Waals surface area contributed by atoms with Crippen molar-refractivity contribution in [1.82, 2.24) is 15.8 Å². The van der Waals surface area contributed by atoms with E-state index in [1.54, 1.807) is 0 Å². The van der Waals surface area contributed by atoms with Crippen LogP contribution in [-0.4, -0.2) is 29.1 Å². The molecule has 0 saturated carbocycles. The van der Waals surface area contributed by atoms with E-state index in [9.17, 15) is 14.9 Å².